The normalized spacial score (nSPS) is 19.8. The average Bonchev–Trinajstić information content (AvgIpc) is 2.00. The van der Waals surface area contributed by atoms with Crippen LogP contribution in [0.4, 0.5) is 0 Å². The molecule has 0 radical (unpaired) electrons. The fourth-order valence-corrected chi connectivity index (χ4v) is 2.19. The molecular formula is C8H19NOS. The van der Waals surface area contributed by atoms with E-state index >= 15 is 0 Å². The van der Waals surface area contributed by atoms with Crippen molar-refractivity contribution < 1.29 is 4.21 Å². The van der Waals surface area contributed by atoms with Crippen molar-refractivity contribution in [3.8, 4) is 0 Å². The van der Waals surface area contributed by atoms with E-state index < -0.39 is 10.8 Å². The van der Waals surface area contributed by atoms with Gasteiger partial charge in [-0.1, -0.05) is 20.8 Å². The third kappa shape index (κ3) is 3.34. The predicted octanol–water partition coefficient (Wildman–Crippen LogP) is 1.13. The molecule has 0 saturated heterocycles. The van der Waals surface area contributed by atoms with Gasteiger partial charge in [0.15, 0.2) is 0 Å². The van der Waals surface area contributed by atoms with Crippen LogP contribution >= 0.6 is 0 Å². The Balaban J connectivity index is 4.02. The highest BCUT2D eigenvalue weighted by atomic mass is 32.2. The topological polar surface area (TPSA) is 43.1 Å². The zero-order valence-electron chi connectivity index (χ0n) is 7.83. The Labute approximate surface area is 72.0 Å². The van der Waals surface area contributed by atoms with E-state index in [-0.39, 0.29) is 10.5 Å². The van der Waals surface area contributed by atoms with Gasteiger partial charge in [-0.25, -0.2) is 0 Å². The van der Waals surface area contributed by atoms with Crippen LogP contribution in [0, 0.1) is 5.92 Å². The fraction of sp³-hybridized carbons (Fsp3) is 1.00. The monoisotopic (exact) mass is 177 g/mol. The molecule has 0 spiro atoms. The minimum atomic E-state index is -0.765. The van der Waals surface area contributed by atoms with Crippen LogP contribution in [-0.4, -0.2) is 21.3 Å². The Morgan fingerprint density at radius 2 is 1.73 bits per heavy atom. The molecule has 11 heavy (non-hydrogen) atoms. The molecule has 3 atom stereocenters. The summed E-state index contributed by atoms with van der Waals surface area (Å²) >= 11 is 0. The maximum atomic E-state index is 11.5. The van der Waals surface area contributed by atoms with Gasteiger partial charge in [0.05, 0.1) is 0 Å². The molecular weight excluding hydrogens is 158 g/mol. The van der Waals surface area contributed by atoms with Crippen LogP contribution in [0.2, 0.25) is 0 Å². The van der Waals surface area contributed by atoms with Crippen LogP contribution in [0.3, 0.4) is 0 Å². The molecule has 68 valence electrons. The summed E-state index contributed by atoms with van der Waals surface area (Å²) in [6, 6.07) is 0. The van der Waals surface area contributed by atoms with Gasteiger partial charge >= 0.3 is 0 Å². The highest BCUT2D eigenvalue weighted by Crippen LogP contribution is 2.11. The molecule has 3 heteroatoms. The summed E-state index contributed by atoms with van der Waals surface area (Å²) in [5.74, 6) is 0.477. The summed E-state index contributed by atoms with van der Waals surface area (Å²) in [7, 11) is -0.765. The van der Waals surface area contributed by atoms with E-state index in [0.29, 0.717) is 12.5 Å². The van der Waals surface area contributed by atoms with E-state index in [1.165, 1.54) is 0 Å². The van der Waals surface area contributed by atoms with Gasteiger partial charge in [-0.05, 0) is 12.8 Å². The molecule has 0 aromatic rings. The van der Waals surface area contributed by atoms with E-state index in [0.717, 1.165) is 0 Å². The zero-order valence-corrected chi connectivity index (χ0v) is 8.65. The second-order valence-electron chi connectivity index (χ2n) is 3.32. The van der Waals surface area contributed by atoms with Crippen molar-refractivity contribution in [1.29, 1.82) is 0 Å². The molecule has 0 heterocycles. The fourth-order valence-electron chi connectivity index (χ4n) is 0.730. The molecule has 3 unspecified atom stereocenters. The van der Waals surface area contributed by atoms with Gasteiger partial charge in [0.25, 0.3) is 0 Å². The van der Waals surface area contributed by atoms with Crippen molar-refractivity contribution in [2.75, 3.05) is 6.54 Å². The second-order valence-corrected chi connectivity index (χ2v) is 5.53. The minimum Gasteiger partial charge on any atom is -0.329 e. The van der Waals surface area contributed by atoms with Crippen LogP contribution in [0.25, 0.3) is 0 Å². The second kappa shape index (κ2) is 4.88. The number of rotatable bonds is 4. The van der Waals surface area contributed by atoms with Crippen LogP contribution in [0.1, 0.15) is 27.7 Å². The van der Waals surface area contributed by atoms with E-state index in [1.807, 2.05) is 13.8 Å². The highest BCUT2D eigenvalue weighted by molar-refractivity contribution is 7.86. The van der Waals surface area contributed by atoms with E-state index in [9.17, 15) is 4.21 Å². The third-order valence-electron chi connectivity index (χ3n) is 2.03. The maximum absolute atomic E-state index is 11.5. The van der Waals surface area contributed by atoms with Gasteiger partial charge in [0.2, 0.25) is 0 Å². The van der Waals surface area contributed by atoms with Crippen molar-refractivity contribution in [2.24, 2.45) is 11.7 Å². The number of nitrogens with two attached hydrogens (primary N) is 1. The first kappa shape index (κ1) is 11.1. The van der Waals surface area contributed by atoms with Gasteiger partial charge in [-0.2, -0.15) is 0 Å². The molecule has 0 aromatic heterocycles. The summed E-state index contributed by atoms with van der Waals surface area (Å²) in [6.45, 7) is 8.66. The molecule has 0 amide bonds. The van der Waals surface area contributed by atoms with Gasteiger partial charge in [-0.15, -0.1) is 0 Å². The molecule has 0 saturated carbocycles. The number of hydrogen-bond acceptors (Lipinski definition) is 2. The third-order valence-corrected chi connectivity index (χ3v) is 4.30. The first-order chi connectivity index (χ1) is 5.00. The lowest BCUT2D eigenvalue weighted by molar-refractivity contribution is 0.598. The molecule has 2 nitrogen and oxygen atoms in total. The van der Waals surface area contributed by atoms with Crippen LogP contribution in [-0.2, 0) is 10.8 Å². The van der Waals surface area contributed by atoms with Gasteiger partial charge in [-0.3, -0.25) is 4.21 Å². The van der Waals surface area contributed by atoms with Gasteiger partial charge < -0.3 is 5.73 Å². The summed E-state index contributed by atoms with van der Waals surface area (Å²) < 4.78 is 11.5. The standard InChI is InChI=1S/C8H19NOS/c1-6(2)8(4)11(10)7(3)5-9/h6-8H,5,9H2,1-4H3. The highest BCUT2D eigenvalue weighted by Gasteiger charge is 2.19. The van der Waals surface area contributed by atoms with Crippen LogP contribution in [0.5, 0.6) is 0 Å². The Morgan fingerprint density at radius 3 is 2.00 bits per heavy atom. The lowest BCUT2D eigenvalue weighted by Crippen LogP contribution is -2.30. The van der Waals surface area contributed by atoms with Gasteiger partial charge in [0, 0.05) is 27.8 Å². The lowest BCUT2D eigenvalue weighted by atomic mass is 10.2. The number of hydrogen-bond donors (Lipinski definition) is 1. The lowest BCUT2D eigenvalue weighted by Gasteiger charge is -2.18. The molecule has 0 aliphatic carbocycles. The van der Waals surface area contributed by atoms with E-state index in [2.05, 4.69) is 13.8 Å². The molecule has 0 bridgehead atoms. The summed E-state index contributed by atoms with van der Waals surface area (Å²) in [5, 5.41) is 0.390. The Kier molecular flexibility index (Phi) is 4.93. The first-order valence-electron chi connectivity index (χ1n) is 4.10. The van der Waals surface area contributed by atoms with E-state index in [4.69, 9.17) is 5.73 Å². The predicted molar refractivity (Wildman–Crippen MR) is 51.0 cm³/mol. The van der Waals surface area contributed by atoms with Crippen LogP contribution in [0.15, 0.2) is 0 Å². The molecule has 0 fully saturated rings. The maximum Gasteiger partial charge on any atom is 0.0445 e. The van der Waals surface area contributed by atoms with Crippen molar-refractivity contribution in [3.63, 3.8) is 0 Å². The van der Waals surface area contributed by atoms with Crippen molar-refractivity contribution in [1.82, 2.24) is 0 Å². The smallest absolute Gasteiger partial charge is 0.0445 e. The Bertz CT molecular complexity index is 136. The van der Waals surface area contributed by atoms with Crippen molar-refractivity contribution in [3.05, 3.63) is 0 Å². The summed E-state index contributed by atoms with van der Waals surface area (Å²) in [4.78, 5) is 0. The molecule has 0 aliphatic rings. The Hall–Kier alpha value is 0.110. The summed E-state index contributed by atoms with van der Waals surface area (Å²) in [5.41, 5.74) is 5.42. The molecule has 0 aromatic carbocycles. The van der Waals surface area contributed by atoms with Crippen LogP contribution < -0.4 is 5.73 Å². The largest absolute Gasteiger partial charge is 0.329 e. The first-order valence-corrected chi connectivity index (χ1v) is 5.37. The van der Waals surface area contributed by atoms with E-state index in [1.54, 1.807) is 0 Å². The molecule has 2 N–H and O–H groups in total. The zero-order chi connectivity index (χ0) is 9.02. The minimum absolute atomic E-state index is 0.132. The molecule has 0 aliphatic heterocycles. The van der Waals surface area contributed by atoms with Crippen molar-refractivity contribution in [2.45, 2.75) is 38.2 Å². The van der Waals surface area contributed by atoms with Crippen molar-refractivity contribution >= 4 is 10.8 Å². The summed E-state index contributed by atoms with van der Waals surface area (Å²) in [6.07, 6.45) is 0. The van der Waals surface area contributed by atoms with Gasteiger partial charge in [0.1, 0.15) is 0 Å². The SMILES string of the molecule is CC(C)C(C)S(=O)C(C)CN. The molecule has 0 rings (SSSR count). The Morgan fingerprint density at radius 1 is 1.27 bits per heavy atom. The quantitative estimate of drug-likeness (QED) is 0.699. The average molecular weight is 177 g/mol.